The first-order valence-electron chi connectivity index (χ1n) is 5.86. The Labute approximate surface area is 121 Å². The molecular formula is C13H16ClNO5. The van der Waals surface area contributed by atoms with E-state index in [4.69, 9.17) is 21.2 Å². The van der Waals surface area contributed by atoms with Gasteiger partial charge in [0.1, 0.15) is 17.9 Å². The molecule has 1 atom stereocenters. The molecule has 0 aromatic carbocycles. The number of rotatable bonds is 7. The van der Waals surface area contributed by atoms with Crippen LogP contribution in [-0.4, -0.2) is 29.8 Å². The first-order valence-corrected chi connectivity index (χ1v) is 6.24. The van der Waals surface area contributed by atoms with Crippen LogP contribution in [0.5, 0.6) is 0 Å². The van der Waals surface area contributed by atoms with Gasteiger partial charge in [-0.15, -0.1) is 0 Å². The Morgan fingerprint density at radius 1 is 1.55 bits per heavy atom. The molecule has 0 aliphatic carbocycles. The summed E-state index contributed by atoms with van der Waals surface area (Å²) in [6.07, 6.45) is -1.27. The summed E-state index contributed by atoms with van der Waals surface area (Å²) in [5, 5.41) is 10.1. The zero-order chi connectivity index (χ0) is 15.1. The third-order valence-corrected chi connectivity index (χ3v) is 2.72. The van der Waals surface area contributed by atoms with Crippen molar-refractivity contribution in [2.45, 2.75) is 19.6 Å². The predicted molar refractivity (Wildman–Crippen MR) is 71.8 cm³/mol. The van der Waals surface area contributed by atoms with Crippen LogP contribution in [0, 0.1) is 0 Å². The van der Waals surface area contributed by atoms with Crippen molar-refractivity contribution in [2.75, 3.05) is 13.7 Å². The normalized spacial score (nSPS) is 12.0. The molecule has 1 rings (SSSR count). The predicted octanol–water partition coefficient (Wildman–Crippen LogP) is 1.97. The fourth-order valence-corrected chi connectivity index (χ4v) is 1.68. The van der Waals surface area contributed by atoms with Crippen molar-refractivity contribution in [1.82, 2.24) is 4.98 Å². The molecule has 0 bridgehead atoms. The third-order valence-electron chi connectivity index (χ3n) is 2.42. The van der Waals surface area contributed by atoms with Crippen LogP contribution in [0.4, 0.5) is 0 Å². The summed E-state index contributed by atoms with van der Waals surface area (Å²) in [7, 11) is 1.38. The first-order chi connectivity index (χ1) is 9.51. The minimum Gasteiger partial charge on any atom is -0.463 e. The second-order valence-corrected chi connectivity index (χ2v) is 4.12. The van der Waals surface area contributed by atoms with E-state index in [1.807, 2.05) is 0 Å². The fourth-order valence-electron chi connectivity index (χ4n) is 1.41. The number of esters is 1. The molecule has 1 N–H and O–H groups in total. The summed E-state index contributed by atoms with van der Waals surface area (Å²) in [4.78, 5) is 24.7. The summed E-state index contributed by atoms with van der Waals surface area (Å²) in [6.45, 7) is 5.49. The van der Waals surface area contributed by atoms with Crippen LogP contribution in [0.15, 0.2) is 24.3 Å². The van der Waals surface area contributed by atoms with Gasteiger partial charge in [-0.05, 0) is 13.0 Å². The van der Waals surface area contributed by atoms with Gasteiger partial charge in [-0.3, -0.25) is 0 Å². The van der Waals surface area contributed by atoms with Crippen molar-refractivity contribution in [2.24, 2.45) is 0 Å². The van der Waals surface area contributed by atoms with Crippen molar-refractivity contribution < 1.29 is 24.4 Å². The molecule has 0 spiro atoms. The average molecular weight is 302 g/mol. The number of carbonyl (C=O) groups excluding carboxylic acids is 1. The summed E-state index contributed by atoms with van der Waals surface area (Å²) in [5.41, 5.74) is 0.692. The lowest BCUT2D eigenvalue weighted by molar-refractivity contribution is -0.282. The van der Waals surface area contributed by atoms with E-state index < -0.39 is 12.1 Å². The maximum atomic E-state index is 11.5. The minimum absolute atomic E-state index is 0.0557. The zero-order valence-electron chi connectivity index (χ0n) is 11.3. The van der Waals surface area contributed by atoms with E-state index in [0.717, 1.165) is 0 Å². The largest absolute Gasteiger partial charge is 0.463 e. The lowest BCUT2D eigenvalue weighted by Gasteiger charge is -2.14. The summed E-state index contributed by atoms with van der Waals surface area (Å²) >= 11 is 5.97. The molecule has 0 aliphatic rings. The zero-order valence-corrected chi connectivity index (χ0v) is 12.0. The minimum atomic E-state index is -1.27. The third kappa shape index (κ3) is 4.28. The molecule has 1 aromatic rings. The molecule has 1 aromatic heterocycles. The topological polar surface area (TPSA) is 77.9 Å². The number of hydrogen-bond acceptors (Lipinski definition) is 6. The Bertz CT molecular complexity index is 492. The van der Waals surface area contributed by atoms with Gasteiger partial charge in [-0.1, -0.05) is 24.2 Å². The number of nitrogens with zero attached hydrogens (tertiary/aromatic N) is 1. The summed E-state index contributed by atoms with van der Waals surface area (Å²) < 4.78 is 4.76. The Balaban J connectivity index is 2.85. The quantitative estimate of drug-likeness (QED) is 0.273. The van der Waals surface area contributed by atoms with Crippen LogP contribution < -0.4 is 0 Å². The van der Waals surface area contributed by atoms with Crippen molar-refractivity contribution in [1.29, 1.82) is 0 Å². The number of ether oxygens (including phenoxy) is 1. The van der Waals surface area contributed by atoms with Gasteiger partial charge in [0.15, 0.2) is 0 Å². The van der Waals surface area contributed by atoms with E-state index in [1.165, 1.54) is 7.11 Å². The van der Waals surface area contributed by atoms with Crippen molar-refractivity contribution in [3.05, 3.63) is 40.7 Å². The Morgan fingerprint density at radius 3 is 2.80 bits per heavy atom. The van der Waals surface area contributed by atoms with E-state index in [1.54, 1.807) is 19.1 Å². The van der Waals surface area contributed by atoms with Gasteiger partial charge in [0.2, 0.25) is 0 Å². The van der Waals surface area contributed by atoms with Crippen molar-refractivity contribution in [3.63, 3.8) is 0 Å². The lowest BCUT2D eigenvalue weighted by atomic mass is 10.0. The van der Waals surface area contributed by atoms with E-state index in [-0.39, 0.29) is 29.5 Å². The number of carbonyl (C=O) groups is 1. The molecule has 0 saturated carbocycles. The molecule has 0 radical (unpaired) electrons. The maximum Gasteiger partial charge on any atom is 0.336 e. The summed E-state index contributed by atoms with van der Waals surface area (Å²) in [5.74, 6) is -0.678. The molecule has 1 heterocycles. The molecule has 1 unspecified atom stereocenters. The molecule has 0 fully saturated rings. The molecule has 0 amide bonds. The van der Waals surface area contributed by atoms with Crippen LogP contribution in [0.1, 0.15) is 24.3 Å². The molecule has 20 heavy (non-hydrogen) atoms. The Hall–Kier alpha value is -1.47. The molecule has 0 aliphatic heterocycles. The summed E-state index contributed by atoms with van der Waals surface area (Å²) in [6, 6.07) is 3.14. The van der Waals surface area contributed by atoms with Crippen LogP contribution in [0.25, 0.3) is 0 Å². The van der Waals surface area contributed by atoms with Gasteiger partial charge in [-0.2, -0.15) is 0 Å². The highest BCUT2D eigenvalue weighted by Gasteiger charge is 2.22. The molecule has 0 saturated heterocycles. The van der Waals surface area contributed by atoms with Gasteiger partial charge in [-0.25, -0.2) is 19.6 Å². The number of aliphatic hydroxyl groups excluding tert-OH is 1. The van der Waals surface area contributed by atoms with Gasteiger partial charge < -0.3 is 9.84 Å². The van der Waals surface area contributed by atoms with Crippen LogP contribution in [0.3, 0.4) is 0 Å². The van der Waals surface area contributed by atoms with Gasteiger partial charge in [0.25, 0.3) is 0 Å². The van der Waals surface area contributed by atoms with Crippen LogP contribution >= 0.6 is 11.6 Å². The number of aliphatic hydroxyl groups is 1. The van der Waals surface area contributed by atoms with Crippen molar-refractivity contribution >= 4 is 17.6 Å². The maximum absolute atomic E-state index is 11.5. The molecule has 110 valence electrons. The average Bonchev–Trinajstić information content (AvgIpc) is 2.44. The van der Waals surface area contributed by atoms with Crippen molar-refractivity contribution in [3.8, 4) is 0 Å². The van der Waals surface area contributed by atoms with Crippen LogP contribution in [-0.2, 0) is 25.9 Å². The SMILES string of the molecule is C=C(C(=O)OCC)C(O)c1ccc(COOC)nc1Cl. The first kappa shape index (κ1) is 16.6. The second-order valence-electron chi connectivity index (χ2n) is 3.76. The van der Waals surface area contributed by atoms with Crippen LogP contribution in [0.2, 0.25) is 5.15 Å². The highest BCUT2D eigenvalue weighted by atomic mass is 35.5. The highest BCUT2D eigenvalue weighted by molar-refractivity contribution is 6.30. The Kier molecular flexibility index (Phi) is 6.60. The fraction of sp³-hybridized carbons (Fsp3) is 0.385. The van der Waals surface area contributed by atoms with E-state index in [0.29, 0.717) is 5.69 Å². The van der Waals surface area contributed by atoms with E-state index in [9.17, 15) is 9.90 Å². The molecule has 7 heteroatoms. The van der Waals surface area contributed by atoms with E-state index >= 15 is 0 Å². The number of hydrogen-bond donors (Lipinski definition) is 1. The van der Waals surface area contributed by atoms with Gasteiger partial charge >= 0.3 is 5.97 Å². The molecular weight excluding hydrogens is 286 g/mol. The number of pyridine rings is 1. The standard InChI is InChI=1S/C13H16ClNO5/c1-4-19-13(17)8(2)11(16)10-6-5-9(7-20-18-3)15-12(10)14/h5-6,11,16H,2,4,7H2,1,3H3. The second kappa shape index (κ2) is 7.96. The highest BCUT2D eigenvalue weighted by Crippen LogP contribution is 2.27. The lowest BCUT2D eigenvalue weighted by Crippen LogP contribution is -2.14. The molecule has 6 nitrogen and oxygen atoms in total. The van der Waals surface area contributed by atoms with Gasteiger partial charge in [0.05, 0.1) is 25.0 Å². The monoisotopic (exact) mass is 301 g/mol. The number of aromatic nitrogens is 1. The number of halogens is 1. The smallest absolute Gasteiger partial charge is 0.336 e. The van der Waals surface area contributed by atoms with E-state index in [2.05, 4.69) is 16.5 Å². The Morgan fingerprint density at radius 2 is 2.25 bits per heavy atom. The van der Waals surface area contributed by atoms with Gasteiger partial charge in [0, 0.05) is 5.56 Å².